The van der Waals surface area contributed by atoms with Gasteiger partial charge in [0, 0.05) is 17.5 Å². The molecule has 0 atom stereocenters. The number of benzene rings is 1. The molecule has 0 fully saturated rings. The van der Waals surface area contributed by atoms with E-state index in [0.29, 0.717) is 15.7 Å². The third kappa shape index (κ3) is 2.10. The van der Waals surface area contributed by atoms with Gasteiger partial charge in [-0.2, -0.15) is 5.10 Å². The van der Waals surface area contributed by atoms with E-state index in [4.69, 9.17) is 11.6 Å². The first-order valence-electron chi connectivity index (χ1n) is 4.48. The van der Waals surface area contributed by atoms with Crippen LogP contribution in [0.4, 0.5) is 0 Å². The second-order valence-electron chi connectivity index (χ2n) is 3.04. The summed E-state index contributed by atoms with van der Waals surface area (Å²) in [6.45, 7) is 0. The van der Waals surface area contributed by atoms with Crippen molar-refractivity contribution in [3.8, 4) is 0 Å². The lowest BCUT2D eigenvalue weighted by Gasteiger charge is -2.04. The average molecular weight is 254 g/mol. The van der Waals surface area contributed by atoms with Gasteiger partial charge in [-0.3, -0.25) is 4.79 Å². The molecular weight excluding hydrogens is 246 g/mol. The minimum atomic E-state index is 0.446. The molecular formula is C10H8ClN3OS. The van der Waals surface area contributed by atoms with Crippen LogP contribution in [0.5, 0.6) is 0 Å². The first-order chi connectivity index (χ1) is 7.72. The Labute approximate surface area is 102 Å². The molecule has 0 amide bonds. The van der Waals surface area contributed by atoms with Gasteiger partial charge in [0.2, 0.25) is 0 Å². The monoisotopic (exact) mass is 253 g/mol. The summed E-state index contributed by atoms with van der Waals surface area (Å²) in [5.41, 5.74) is 0.483. The van der Waals surface area contributed by atoms with Crippen LogP contribution in [0, 0.1) is 0 Å². The lowest BCUT2D eigenvalue weighted by Crippen LogP contribution is -1.94. The van der Waals surface area contributed by atoms with Crippen LogP contribution in [-0.2, 0) is 7.05 Å². The maximum atomic E-state index is 10.9. The van der Waals surface area contributed by atoms with Gasteiger partial charge in [0.1, 0.15) is 6.33 Å². The van der Waals surface area contributed by atoms with Crippen LogP contribution in [0.1, 0.15) is 10.4 Å². The Bertz CT molecular complexity index is 527. The molecule has 0 saturated carbocycles. The van der Waals surface area contributed by atoms with Gasteiger partial charge in [0.15, 0.2) is 11.4 Å². The van der Waals surface area contributed by atoms with E-state index in [0.717, 1.165) is 11.2 Å². The number of aryl methyl sites for hydroxylation is 1. The molecule has 0 N–H and O–H groups in total. The zero-order chi connectivity index (χ0) is 11.5. The summed E-state index contributed by atoms with van der Waals surface area (Å²) in [5, 5.41) is 5.11. The molecule has 1 heterocycles. The number of hydrogen-bond donors (Lipinski definition) is 0. The van der Waals surface area contributed by atoms with Crippen molar-refractivity contribution in [1.82, 2.24) is 14.8 Å². The first-order valence-corrected chi connectivity index (χ1v) is 5.67. The van der Waals surface area contributed by atoms with E-state index in [2.05, 4.69) is 10.1 Å². The van der Waals surface area contributed by atoms with Crippen molar-refractivity contribution in [3.63, 3.8) is 0 Å². The normalized spacial score (nSPS) is 10.4. The molecule has 82 valence electrons. The van der Waals surface area contributed by atoms with E-state index < -0.39 is 0 Å². The predicted molar refractivity (Wildman–Crippen MR) is 62.0 cm³/mol. The van der Waals surface area contributed by atoms with Crippen LogP contribution in [0.2, 0.25) is 5.02 Å². The molecule has 0 unspecified atom stereocenters. The first kappa shape index (κ1) is 11.2. The molecule has 0 bridgehead atoms. The van der Waals surface area contributed by atoms with Crippen molar-refractivity contribution in [3.05, 3.63) is 35.1 Å². The van der Waals surface area contributed by atoms with Crippen LogP contribution in [-0.4, -0.2) is 21.1 Å². The van der Waals surface area contributed by atoms with Gasteiger partial charge in [-0.05, 0) is 23.9 Å². The fourth-order valence-electron chi connectivity index (χ4n) is 1.20. The molecule has 0 aliphatic heterocycles. The van der Waals surface area contributed by atoms with Crippen molar-refractivity contribution in [2.24, 2.45) is 7.05 Å². The number of rotatable bonds is 3. The highest BCUT2D eigenvalue weighted by Gasteiger charge is 2.10. The maximum Gasteiger partial charge on any atom is 0.190 e. The van der Waals surface area contributed by atoms with Crippen LogP contribution >= 0.6 is 23.4 Å². The molecule has 4 nitrogen and oxygen atoms in total. The molecule has 0 aliphatic rings. The lowest BCUT2D eigenvalue weighted by atomic mass is 10.2. The van der Waals surface area contributed by atoms with Crippen molar-refractivity contribution in [2.75, 3.05) is 0 Å². The number of aldehydes is 1. The number of halogens is 1. The smallest absolute Gasteiger partial charge is 0.190 e. The molecule has 0 spiro atoms. The molecule has 0 aliphatic carbocycles. The Morgan fingerprint density at radius 2 is 2.31 bits per heavy atom. The summed E-state index contributed by atoms with van der Waals surface area (Å²) >= 11 is 7.28. The second-order valence-corrected chi connectivity index (χ2v) is 4.45. The SMILES string of the molecule is Cn1ncnc1Sc1cccc(Cl)c1C=O. The van der Waals surface area contributed by atoms with Gasteiger partial charge in [0.25, 0.3) is 0 Å². The fraction of sp³-hybridized carbons (Fsp3) is 0.100. The Hall–Kier alpha value is -1.33. The summed E-state index contributed by atoms with van der Waals surface area (Å²) in [4.78, 5) is 15.8. The molecule has 1 aromatic carbocycles. The number of hydrogen-bond acceptors (Lipinski definition) is 4. The molecule has 6 heteroatoms. The highest BCUT2D eigenvalue weighted by molar-refractivity contribution is 7.99. The van der Waals surface area contributed by atoms with Crippen LogP contribution in [0.3, 0.4) is 0 Å². The Kier molecular flexibility index (Phi) is 3.26. The van der Waals surface area contributed by atoms with E-state index in [1.54, 1.807) is 23.9 Å². The predicted octanol–water partition coefficient (Wildman–Crippen LogP) is 2.43. The van der Waals surface area contributed by atoms with Gasteiger partial charge >= 0.3 is 0 Å². The Balaban J connectivity index is 2.38. The third-order valence-electron chi connectivity index (χ3n) is 2.00. The molecule has 0 saturated heterocycles. The van der Waals surface area contributed by atoms with E-state index in [-0.39, 0.29) is 0 Å². The lowest BCUT2D eigenvalue weighted by molar-refractivity contribution is 0.112. The van der Waals surface area contributed by atoms with E-state index >= 15 is 0 Å². The van der Waals surface area contributed by atoms with E-state index in [1.807, 2.05) is 6.07 Å². The standard InChI is InChI=1S/C10H8ClN3OS/c1-14-10(12-6-13-14)16-9-4-2-3-8(11)7(9)5-15/h2-6H,1H3. The molecule has 0 radical (unpaired) electrons. The summed E-state index contributed by atoms with van der Waals surface area (Å²) < 4.78 is 1.64. The Morgan fingerprint density at radius 3 is 2.94 bits per heavy atom. The van der Waals surface area contributed by atoms with E-state index in [1.165, 1.54) is 18.1 Å². The highest BCUT2D eigenvalue weighted by Crippen LogP contribution is 2.31. The fourth-order valence-corrected chi connectivity index (χ4v) is 2.36. The minimum absolute atomic E-state index is 0.446. The Morgan fingerprint density at radius 1 is 1.50 bits per heavy atom. The van der Waals surface area contributed by atoms with Gasteiger partial charge in [-0.25, -0.2) is 9.67 Å². The van der Waals surface area contributed by atoms with Gasteiger partial charge in [0.05, 0.1) is 5.02 Å². The highest BCUT2D eigenvalue weighted by atomic mass is 35.5. The average Bonchev–Trinajstić information content (AvgIpc) is 2.65. The topological polar surface area (TPSA) is 47.8 Å². The van der Waals surface area contributed by atoms with Crippen LogP contribution in [0.15, 0.2) is 34.6 Å². The molecule has 1 aromatic heterocycles. The second kappa shape index (κ2) is 4.67. The number of carbonyl (C=O) groups excluding carboxylic acids is 1. The van der Waals surface area contributed by atoms with Crippen LogP contribution in [0.25, 0.3) is 0 Å². The van der Waals surface area contributed by atoms with Crippen molar-refractivity contribution >= 4 is 29.6 Å². The number of aromatic nitrogens is 3. The summed E-state index contributed by atoms with van der Waals surface area (Å²) in [5.74, 6) is 0. The number of nitrogens with zero attached hydrogens (tertiary/aromatic N) is 3. The van der Waals surface area contributed by atoms with Crippen molar-refractivity contribution in [2.45, 2.75) is 10.1 Å². The zero-order valence-corrected chi connectivity index (χ0v) is 10.00. The number of carbonyl (C=O) groups is 1. The molecule has 2 aromatic rings. The largest absolute Gasteiger partial charge is 0.298 e. The van der Waals surface area contributed by atoms with Gasteiger partial charge in [-0.1, -0.05) is 17.7 Å². The molecule has 16 heavy (non-hydrogen) atoms. The van der Waals surface area contributed by atoms with Crippen molar-refractivity contribution in [1.29, 1.82) is 0 Å². The van der Waals surface area contributed by atoms with Gasteiger partial charge in [-0.15, -0.1) is 0 Å². The zero-order valence-electron chi connectivity index (χ0n) is 8.42. The summed E-state index contributed by atoms with van der Waals surface area (Å²) in [6, 6.07) is 5.31. The van der Waals surface area contributed by atoms with Gasteiger partial charge < -0.3 is 0 Å². The summed E-state index contributed by atoms with van der Waals surface area (Å²) in [7, 11) is 1.79. The molecule has 2 rings (SSSR count). The minimum Gasteiger partial charge on any atom is -0.298 e. The van der Waals surface area contributed by atoms with Crippen LogP contribution < -0.4 is 0 Å². The van der Waals surface area contributed by atoms with E-state index in [9.17, 15) is 4.79 Å². The third-order valence-corrected chi connectivity index (χ3v) is 3.46. The quantitative estimate of drug-likeness (QED) is 0.789. The maximum absolute atomic E-state index is 10.9. The summed E-state index contributed by atoms with van der Waals surface area (Å²) in [6.07, 6.45) is 2.22. The van der Waals surface area contributed by atoms with Crippen molar-refractivity contribution < 1.29 is 4.79 Å².